The third kappa shape index (κ3) is 6.03. The van der Waals surface area contributed by atoms with Gasteiger partial charge in [-0.1, -0.05) is 172 Å². The quantitative estimate of drug-likeness (QED) is 0.161. The van der Waals surface area contributed by atoms with Crippen LogP contribution in [0.4, 0.5) is 11.4 Å². The van der Waals surface area contributed by atoms with Crippen molar-refractivity contribution in [2.45, 2.75) is 26.2 Å². The average Bonchev–Trinajstić information content (AvgIpc) is 3.88. The summed E-state index contributed by atoms with van der Waals surface area (Å²) in [6.45, 7) is 6.89. The molecule has 2 nitrogen and oxygen atoms in total. The predicted octanol–water partition coefficient (Wildman–Crippen LogP) is 15.7. The number of benzene rings is 8. The molecular weight excluding hydrogens is 715 g/mol. The lowest BCUT2D eigenvalue weighted by Crippen LogP contribution is -2.19. The summed E-state index contributed by atoms with van der Waals surface area (Å²) in [6, 6.07) is 66.2. The highest BCUT2D eigenvalue weighted by atomic mass is 16.3. The van der Waals surface area contributed by atoms with Gasteiger partial charge in [-0.05, 0) is 109 Å². The van der Waals surface area contributed by atoms with Crippen molar-refractivity contribution in [1.82, 2.24) is 0 Å². The summed E-state index contributed by atoms with van der Waals surface area (Å²) in [4.78, 5) is 2.52. The molecule has 1 heterocycles. The number of hydrogen-bond acceptors (Lipinski definition) is 2. The minimum Gasteiger partial charge on any atom is -0.456 e. The van der Waals surface area contributed by atoms with E-state index in [2.05, 4.69) is 220 Å². The fourth-order valence-electron chi connectivity index (χ4n) is 9.19. The monoisotopic (exact) mass is 757 g/mol. The van der Waals surface area contributed by atoms with Crippen LogP contribution in [0, 0.1) is 5.92 Å². The molecule has 2 aliphatic carbocycles. The van der Waals surface area contributed by atoms with Gasteiger partial charge < -0.3 is 9.32 Å². The van der Waals surface area contributed by atoms with Crippen LogP contribution >= 0.6 is 0 Å². The maximum atomic E-state index is 6.21. The summed E-state index contributed by atoms with van der Waals surface area (Å²) in [5.74, 6) is 0.219. The van der Waals surface area contributed by atoms with Crippen molar-refractivity contribution in [2.24, 2.45) is 5.92 Å². The SMILES string of the molecule is CC(C)(C)c1ccc(N(C2=C[C@@H]3C(=C3c3ccc4oc5ccccc5c4c3)C=C2)c2ccccc2-c2cccc3cccc(-c4ccccc4)c23)c(-c2ccccc2)c1. The van der Waals surface area contributed by atoms with Crippen molar-refractivity contribution in [1.29, 1.82) is 0 Å². The standard InChI is InChI=1S/C57H43NO/c1-57(2,3)41-29-32-52(48(35-41)38-18-8-5-9-19-38)58(42-30-31-47-50(36-42)56(47)40-28-33-54-49(34-40)45-23-11-13-27-53(45)59-54)51-26-12-10-22-44(51)46-25-15-21-39-20-14-24-43(55(39)46)37-16-6-4-7-17-37/h4-36,50H,1-3H3/t50-/m1/s1. The Morgan fingerprint density at radius 1 is 0.475 bits per heavy atom. The molecule has 8 aromatic carbocycles. The Labute approximate surface area is 345 Å². The number of hydrogen-bond donors (Lipinski definition) is 0. The molecule has 0 radical (unpaired) electrons. The summed E-state index contributed by atoms with van der Waals surface area (Å²) in [5.41, 5.74) is 17.8. The van der Waals surface area contributed by atoms with Gasteiger partial charge in [0.05, 0.1) is 11.4 Å². The van der Waals surface area contributed by atoms with Crippen molar-refractivity contribution in [3.63, 3.8) is 0 Å². The van der Waals surface area contributed by atoms with Gasteiger partial charge in [-0.2, -0.15) is 0 Å². The Morgan fingerprint density at radius 3 is 1.90 bits per heavy atom. The zero-order valence-electron chi connectivity index (χ0n) is 33.5. The minimum absolute atomic E-state index is 0.0191. The minimum atomic E-state index is -0.0191. The normalized spacial score (nSPS) is 14.8. The summed E-state index contributed by atoms with van der Waals surface area (Å²) in [7, 11) is 0. The van der Waals surface area contributed by atoms with E-state index in [4.69, 9.17) is 4.42 Å². The van der Waals surface area contributed by atoms with Crippen molar-refractivity contribution >= 4 is 49.7 Å². The molecule has 0 saturated heterocycles. The van der Waals surface area contributed by atoms with Crippen molar-refractivity contribution in [3.05, 3.63) is 223 Å². The maximum absolute atomic E-state index is 6.21. The van der Waals surface area contributed by atoms with E-state index in [1.54, 1.807) is 0 Å². The Morgan fingerprint density at radius 2 is 1.12 bits per heavy atom. The molecule has 0 aliphatic heterocycles. The molecule has 59 heavy (non-hydrogen) atoms. The number of rotatable bonds is 7. The molecule has 9 aromatic rings. The molecule has 2 heteroatoms. The Bertz CT molecular complexity index is 3180. The molecule has 0 amide bonds. The highest BCUT2D eigenvalue weighted by Crippen LogP contribution is 2.54. The number of fused-ring (bicyclic) bond motifs is 5. The van der Waals surface area contributed by atoms with Crippen LogP contribution in [0.3, 0.4) is 0 Å². The number of para-hydroxylation sites is 2. The van der Waals surface area contributed by atoms with Crippen LogP contribution < -0.4 is 4.90 Å². The van der Waals surface area contributed by atoms with E-state index in [-0.39, 0.29) is 11.3 Å². The number of furan rings is 1. The van der Waals surface area contributed by atoms with Gasteiger partial charge in [0.25, 0.3) is 0 Å². The van der Waals surface area contributed by atoms with Gasteiger partial charge in [-0.15, -0.1) is 0 Å². The first kappa shape index (κ1) is 35.0. The second-order valence-electron chi connectivity index (χ2n) is 16.9. The van der Waals surface area contributed by atoms with E-state index < -0.39 is 0 Å². The van der Waals surface area contributed by atoms with E-state index in [1.165, 1.54) is 66.4 Å². The highest BCUT2D eigenvalue weighted by molar-refractivity contribution is 6.10. The number of nitrogens with zero attached hydrogens (tertiary/aromatic N) is 1. The first-order chi connectivity index (χ1) is 28.9. The molecule has 2 aliphatic rings. The largest absolute Gasteiger partial charge is 0.456 e. The lowest BCUT2D eigenvalue weighted by Gasteiger charge is -2.33. The van der Waals surface area contributed by atoms with Crippen molar-refractivity contribution < 1.29 is 4.42 Å². The topological polar surface area (TPSA) is 16.4 Å². The highest BCUT2D eigenvalue weighted by Gasteiger charge is 2.38. The summed E-state index contributed by atoms with van der Waals surface area (Å²) in [6.07, 6.45) is 7.15. The van der Waals surface area contributed by atoms with E-state index >= 15 is 0 Å². The van der Waals surface area contributed by atoms with Crippen LogP contribution in [0.15, 0.2) is 216 Å². The van der Waals surface area contributed by atoms with Crippen LogP contribution in [0.25, 0.3) is 71.7 Å². The van der Waals surface area contributed by atoms with Crippen LogP contribution in [0.2, 0.25) is 0 Å². The first-order valence-electron chi connectivity index (χ1n) is 20.6. The van der Waals surface area contributed by atoms with Crippen LogP contribution in [0.5, 0.6) is 0 Å². The Balaban J connectivity index is 1.11. The third-order valence-corrected chi connectivity index (χ3v) is 12.2. The molecule has 0 bridgehead atoms. The van der Waals surface area contributed by atoms with Gasteiger partial charge in [0.2, 0.25) is 0 Å². The van der Waals surface area contributed by atoms with E-state index in [1.807, 2.05) is 6.07 Å². The second-order valence-corrected chi connectivity index (χ2v) is 16.9. The summed E-state index contributed by atoms with van der Waals surface area (Å²) < 4.78 is 6.21. The smallest absolute Gasteiger partial charge is 0.135 e. The first-order valence-corrected chi connectivity index (χ1v) is 20.6. The molecule has 0 saturated carbocycles. The molecule has 0 N–H and O–H groups in total. The fraction of sp³-hybridized carbons (Fsp3) is 0.0877. The van der Waals surface area contributed by atoms with E-state index in [0.29, 0.717) is 0 Å². The molecule has 0 spiro atoms. The van der Waals surface area contributed by atoms with E-state index in [9.17, 15) is 0 Å². The maximum Gasteiger partial charge on any atom is 0.135 e. The van der Waals surface area contributed by atoms with Crippen LogP contribution in [-0.4, -0.2) is 0 Å². The molecular formula is C57H43NO. The van der Waals surface area contributed by atoms with Crippen molar-refractivity contribution in [3.8, 4) is 33.4 Å². The van der Waals surface area contributed by atoms with Gasteiger partial charge in [0.1, 0.15) is 11.2 Å². The number of anilines is 2. The Kier molecular flexibility index (Phi) is 8.16. The molecule has 282 valence electrons. The molecule has 0 fully saturated rings. The lowest BCUT2D eigenvalue weighted by molar-refractivity contribution is 0.590. The molecule has 0 unspecified atom stereocenters. The number of allylic oxidation sites excluding steroid dienone is 5. The lowest BCUT2D eigenvalue weighted by atomic mass is 9.84. The zero-order valence-corrected chi connectivity index (χ0v) is 33.5. The second kappa shape index (κ2) is 13.7. The van der Waals surface area contributed by atoms with E-state index in [0.717, 1.165) is 39.0 Å². The summed E-state index contributed by atoms with van der Waals surface area (Å²) in [5, 5.41) is 4.79. The molecule has 11 rings (SSSR count). The van der Waals surface area contributed by atoms with Gasteiger partial charge >= 0.3 is 0 Å². The van der Waals surface area contributed by atoms with Crippen LogP contribution in [-0.2, 0) is 5.41 Å². The van der Waals surface area contributed by atoms with Crippen LogP contribution in [0.1, 0.15) is 31.9 Å². The van der Waals surface area contributed by atoms with Gasteiger partial charge in [0.15, 0.2) is 0 Å². The average molecular weight is 758 g/mol. The fourth-order valence-corrected chi connectivity index (χ4v) is 9.19. The zero-order chi connectivity index (χ0) is 39.7. The van der Waals surface area contributed by atoms with Gasteiger partial charge in [-0.3, -0.25) is 0 Å². The third-order valence-electron chi connectivity index (χ3n) is 12.2. The summed E-state index contributed by atoms with van der Waals surface area (Å²) >= 11 is 0. The van der Waals surface area contributed by atoms with Gasteiger partial charge in [-0.25, -0.2) is 0 Å². The Hall–Kier alpha value is -7.16. The van der Waals surface area contributed by atoms with Gasteiger partial charge in [0, 0.05) is 33.5 Å². The molecule has 1 aromatic heterocycles. The predicted molar refractivity (Wildman–Crippen MR) is 249 cm³/mol. The molecule has 1 atom stereocenters. The van der Waals surface area contributed by atoms with Crippen molar-refractivity contribution in [2.75, 3.05) is 4.90 Å².